The van der Waals surface area contributed by atoms with E-state index in [2.05, 4.69) is 0 Å². The number of halogens is 2. The Morgan fingerprint density at radius 1 is 1.41 bits per heavy atom. The van der Waals surface area contributed by atoms with E-state index in [9.17, 15) is 13.9 Å². The van der Waals surface area contributed by atoms with Gasteiger partial charge >= 0.3 is 0 Å². The summed E-state index contributed by atoms with van der Waals surface area (Å²) >= 11 is 0. The monoisotopic (exact) mass is 245 g/mol. The van der Waals surface area contributed by atoms with Gasteiger partial charge in [-0.05, 0) is 13.0 Å². The van der Waals surface area contributed by atoms with Gasteiger partial charge in [-0.3, -0.25) is 0 Å². The fourth-order valence-electron chi connectivity index (χ4n) is 1.67. The van der Waals surface area contributed by atoms with Crippen molar-refractivity contribution in [2.75, 3.05) is 7.11 Å². The normalized spacial score (nSPS) is 15.5. The van der Waals surface area contributed by atoms with Crippen LogP contribution < -0.4 is 10.5 Å². The van der Waals surface area contributed by atoms with Crippen molar-refractivity contribution in [2.24, 2.45) is 5.73 Å². The number of rotatable bonds is 4. The molecule has 0 fully saturated rings. The Bertz CT molecular complexity index is 389. The van der Waals surface area contributed by atoms with Crippen molar-refractivity contribution in [3.05, 3.63) is 29.3 Å². The molecule has 2 unspecified atom stereocenters. The van der Waals surface area contributed by atoms with Gasteiger partial charge < -0.3 is 15.6 Å². The number of hydrogen-bond donors (Lipinski definition) is 2. The van der Waals surface area contributed by atoms with E-state index < -0.39 is 18.1 Å². The molecule has 0 spiro atoms. The maximum Gasteiger partial charge on any atom is 0.271 e. The van der Waals surface area contributed by atoms with Crippen molar-refractivity contribution in [3.8, 4) is 5.75 Å². The maximum absolute atomic E-state index is 13.4. The molecule has 0 aliphatic carbocycles. The van der Waals surface area contributed by atoms with Gasteiger partial charge in [0.1, 0.15) is 5.75 Å². The third-order valence-corrected chi connectivity index (χ3v) is 2.55. The smallest absolute Gasteiger partial charge is 0.271 e. The Hall–Kier alpha value is -1.20. The molecule has 2 atom stereocenters. The Morgan fingerprint density at radius 2 is 2.00 bits per heavy atom. The van der Waals surface area contributed by atoms with Gasteiger partial charge in [-0.15, -0.1) is 0 Å². The fraction of sp³-hybridized carbons (Fsp3) is 0.500. The molecule has 0 radical (unpaired) electrons. The van der Waals surface area contributed by atoms with E-state index in [-0.39, 0.29) is 16.9 Å². The molecule has 96 valence electrons. The molecular formula is C12H17F2NO2. The summed E-state index contributed by atoms with van der Waals surface area (Å²) in [5.74, 6) is -2.84. The maximum atomic E-state index is 13.4. The van der Waals surface area contributed by atoms with Gasteiger partial charge in [0.15, 0.2) is 0 Å². The van der Waals surface area contributed by atoms with Gasteiger partial charge in [0.2, 0.25) is 0 Å². The highest BCUT2D eigenvalue weighted by Gasteiger charge is 2.32. The van der Waals surface area contributed by atoms with Gasteiger partial charge in [-0.1, -0.05) is 12.1 Å². The SMILES string of the molecule is COc1cccc(C(C)(F)F)c1C(O)C(C)N. The number of hydrogen-bond acceptors (Lipinski definition) is 3. The molecule has 0 saturated carbocycles. The Labute approximate surface area is 99.2 Å². The highest BCUT2D eigenvalue weighted by atomic mass is 19.3. The van der Waals surface area contributed by atoms with E-state index >= 15 is 0 Å². The molecule has 5 heteroatoms. The average molecular weight is 245 g/mol. The first-order valence-electron chi connectivity index (χ1n) is 5.28. The second-order valence-electron chi connectivity index (χ2n) is 4.11. The zero-order valence-corrected chi connectivity index (χ0v) is 10.1. The summed E-state index contributed by atoms with van der Waals surface area (Å²) in [6, 6.07) is 3.59. The first-order valence-corrected chi connectivity index (χ1v) is 5.28. The summed E-state index contributed by atoms with van der Waals surface area (Å²) < 4.78 is 31.9. The van der Waals surface area contributed by atoms with E-state index in [1.165, 1.54) is 25.3 Å². The molecule has 1 rings (SSSR count). The topological polar surface area (TPSA) is 55.5 Å². The van der Waals surface area contributed by atoms with Crippen LogP contribution >= 0.6 is 0 Å². The van der Waals surface area contributed by atoms with E-state index in [0.717, 1.165) is 6.92 Å². The summed E-state index contributed by atoms with van der Waals surface area (Å²) in [5.41, 5.74) is 5.34. The number of methoxy groups -OCH3 is 1. The van der Waals surface area contributed by atoms with Crippen molar-refractivity contribution in [2.45, 2.75) is 31.9 Å². The lowest BCUT2D eigenvalue weighted by molar-refractivity contribution is 0.0126. The van der Waals surface area contributed by atoms with Gasteiger partial charge in [0, 0.05) is 24.1 Å². The lowest BCUT2D eigenvalue weighted by Gasteiger charge is -2.24. The molecule has 17 heavy (non-hydrogen) atoms. The van der Waals surface area contributed by atoms with Crippen LogP contribution in [0.2, 0.25) is 0 Å². The van der Waals surface area contributed by atoms with E-state index in [0.29, 0.717) is 0 Å². The minimum Gasteiger partial charge on any atom is -0.496 e. The van der Waals surface area contributed by atoms with E-state index in [1.54, 1.807) is 6.92 Å². The first kappa shape index (κ1) is 13.9. The highest BCUT2D eigenvalue weighted by Crippen LogP contribution is 2.38. The second-order valence-corrected chi connectivity index (χ2v) is 4.11. The molecule has 1 aromatic rings. The van der Waals surface area contributed by atoms with Gasteiger partial charge in [-0.25, -0.2) is 8.78 Å². The Kier molecular flexibility index (Phi) is 4.06. The van der Waals surface area contributed by atoms with Crippen LogP contribution in [0.15, 0.2) is 18.2 Å². The largest absolute Gasteiger partial charge is 0.496 e. The summed E-state index contributed by atoms with van der Waals surface area (Å²) in [6.45, 7) is 2.33. The molecule has 0 aromatic heterocycles. The summed E-state index contributed by atoms with van der Waals surface area (Å²) in [4.78, 5) is 0. The van der Waals surface area contributed by atoms with Crippen LogP contribution in [-0.2, 0) is 5.92 Å². The lowest BCUT2D eigenvalue weighted by Crippen LogP contribution is -2.27. The molecule has 0 aliphatic heterocycles. The first-order chi connectivity index (χ1) is 7.79. The molecular weight excluding hydrogens is 228 g/mol. The summed E-state index contributed by atoms with van der Waals surface area (Å²) in [5, 5.41) is 9.92. The molecule has 0 amide bonds. The minimum atomic E-state index is -3.06. The van der Waals surface area contributed by atoms with Gasteiger partial charge in [0.25, 0.3) is 5.92 Å². The van der Waals surface area contributed by atoms with Crippen LogP contribution in [0.5, 0.6) is 5.75 Å². The average Bonchev–Trinajstić information content (AvgIpc) is 2.25. The molecule has 3 N–H and O–H groups in total. The zero-order chi connectivity index (χ0) is 13.2. The highest BCUT2D eigenvalue weighted by molar-refractivity contribution is 5.44. The van der Waals surface area contributed by atoms with Gasteiger partial charge in [-0.2, -0.15) is 0 Å². The summed E-state index contributed by atoms with van der Waals surface area (Å²) in [7, 11) is 1.37. The quantitative estimate of drug-likeness (QED) is 0.855. The Balaban J connectivity index is 3.41. The second kappa shape index (κ2) is 4.98. The van der Waals surface area contributed by atoms with Crippen molar-refractivity contribution < 1.29 is 18.6 Å². The van der Waals surface area contributed by atoms with Crippen molar-refractivity contribution in [3.63, 3.8) is 0 Å². The van der Waals surface area contributed by atoms with Crippen LogP contribution in [0.3, 0.4) is 0 Å². The standard InChI is InChI=1S/C12H17F2NO2/c1-7(15)11(16)10-8(12(2,13)14)5-4-6-9(10)17-3/h4-7,11,16H,15H2,1-3H3. The predicted octanol–water partition coefficient (Wildman–Crippen LogP) is 2.19. The Morgan fingerprint density at radius 3 is 2.41 bits per heavy atom. The number of aliphatic hydroxyl groups excluding tert-OH is 1. The molecule has 0 aliphatic rings. The fourth-order valence-corrected chi connectivity index (χ4v) is 1.67. The predicted molar refractivity (Wildman–Crippen MR) is 61.2 cm³/mol. The van der Waals surface area contributed by atoms with Crippen LogP contribution in [0.4, 0.5) is 8.78 Å². The number of aliphatic hydroxyl groups is 1. The number of benzene rings is 1. The molecule has 0 heterocycles. The molecule has 0 bridgehead atoms. The van der Waals surface area contributed by atoms with Crippen LogP contribution in [0.1, 0.15) is 31.1 Å². The van der Waals surface area contributed by atoms with Gasteiger partial charge in [0.05, 0.1) is 13.2 Å². The minimum absolute atomic E-state index is 0.0532. The molecule has 0 saturated heterocycles. The third kappa shape index (κ3) is 2.92. The van der Waals surface area contributed by atoms with Crippen molar-refractivity contribution in [1.82, 2.24) is 0 Å². The van der Waals surface area contributed by atoms with E-state index in [1.807, 2.05) is 0 Å². The molecule has 3 nitrogen and oxygen atoms in total. The third-order valence-electron chi connectivity index (χ3n) is 2.55. The van der Waals surface area contributed by atoms with E-state index in [4.69, 9.17) is 10.5 Å². The number of alkyl halides is 2. The number of ether oxygens (including phenoxy) is 1. The van der Waals surface area contributed by atoms with Crippen molar-refractivity contribution in [1.29, 1.82) is 0 Å². The zero-order valence-electron chi connectivity index (χ0n) is 10.1. The van der Waals surface area contributed by atoms with Crippen LogP contribution in [0.25, 0.3) is 0 Å². The lowest BCUT2D eigenvalue weighted by atomic mass is 9.94. The van der Waals surface area contributed by atoms with Crippen LogP contribution in [-0.4, -0.2) is 18.3 Å². The number of nitrogens with two attached hydrogens (primary N) is 1. The van der Waals surface area contributed by atoms with Crippen molar-refractivity contribution >= 4 is 0 Å². The summed E-state index contributed by atoms with van der Waals surface area (Å²) in [6.07, 6.45) is -1.19. The van der Waals surface area contributed by atoms with Crippen LogP contribution in [0, 0.1) is 0 Å². The molecule has 1 aromatic carbocycles.